The van der Waals surface area contributed by atoms with E-state index in [0.29, 0.717) is 0 Å². The molecule has 0 aromatic carbocycles. The quantitative estimate of drug-likeness (QED) is 0.386. The first kappa shape index (κ1) is 15.0. The van der Waals surface area contributed by atoms with Crippen LogP contribution in [0, 0.1) is 0 Å². The van der Waals surface area contributed by atoms with Crippen molar-refractivity contribution in [3.05, 3.63) is 47.6 Å². The summed E-state index contributed by atoms with van der Waals surface area (Å²) in [4.78, 5) is 0. The number of hydrogen-bond donors (Lipinski definition) is 0. The Morgan fingerprint density at radius 2 is 1.69 bits per heavy atom. The molecule has 0 heterocycles. The number of rotatable bonds is 7. The van der Waals surface area contributed by atoms with Crippen molar-refractivity contribution in [2.45, 2.75) is 53.4 Å². The minimum Gasteiger partial charge on any atom is -0.0988 e. The normalized spacial score (nSPS) is 14.1. The van der Waals surface area contributed by atoms with Crippen LogP contribution in [0.1, 0.15) is 53.4 Å². The first-order chi connectivity index (χ1) is 7.60. The van der Waals surface area contributed by atoms with E-state index in [1.165, 1.54) is 36.0 Å². The molecule has 90 valence electrons. The van der Waals surface area contributed by atoms with Gasteiger partial charge in [-0.3, -0.25) is 0 Å². The Balaban J connectivity index is 3.93. The van der Waals surface area contributed by atoms with Gasteiger partial charge in [0.1, 0.15) is 0 Å². The van der Waals surface area contributed by atoms with Gasteiger partial charge in [0.05, 0.1) is 0 Å². The van der Waals surface area contributed by atoms with Gasteiger partial charge in [-0.1, -0.05) is 54.5 Å². The predicted molar refractivity (Wildman–Crippen MR) is 75.6 cm³/mol. The summed E-state index contributed by atoms with van der Waals surface area (Å²) in [5.74, 6) is 0. The molecule has 0 rings (SSSR count). The second-order valence-electron chi connectivity index (χ2n) is 4.38. The molecule has 0 N–H and O–H groups in total. The Morgan fingerprint density at radius 1 is 1.00 bits per heavy atom. The van der Waals surface area contributed by atoms with Gasteiger partial charge in [-0.2, -0.15) is 0 Å². The van der Waals surface area contributed by atoms with E-state index in [9.17, 15) is 0 Å². The highest BCUT2D eigenvalue weighted by Gasteiger charge is 1.89. The lowest BCUT2D eigenvalue weighted by Crippen LogP contribution is -1.78. The van der Waals surface area contributed by atoms with Crippen molar-refractivity contribution in [3.8, 4) is 0 Å². The molecule has 0 unspecified atom stereocenters. The Kier molecular flexibility index (Phi) is 8.61. The van der Waals surface area contributed by atoms with E-state index in [0.717, 1.165) is 6.42 Å². The van der Waals surface area contributed by atoms with Gasteiger partial charge in [-0.15, -0.1) is 0 Å². The third kappa shape index (κ3) is 8.28. The molecule has 0 saturated heterocycles. The second kappa shape index (κ2) is 9.21. The van der Waals surface area contributed by atoms with E-state index in [1.807, 2.05) is 6.08 Å². The van der Waals surface area contributed by atoms with Crippen LogP contribution in [0.5, 0.6) is 0 Å². The molecule has 0 aromatic rings. The number of hydrogen-bond acceptors (Lipinski definition) is 0. The van der Waals surface area contributed by atoms with Crippen LogP contribution in [-0.4, -0.2) is 0 Å². The average molecular weight is 218 g/mol. The molecule has 0 heteroatoms. The molecule has 0 atom stereocenters. The third-order valence-corrected chi connectivity index (χ3v) is 2.82. The Hall–Kier alpha value is -1.04. The van der Waals surface area contributed by atoms with Crippen LogP contribution in [0.2, 0.25) is 0 Å². The monoisotopic (exact) mass is 218 g/mol. The molecule has 0 aliphatic rings. The van der Waals surface area contributed by atoms with Gasteiger partial charge in [0, 0.05) is 0 Å². The summed E-state index contributed by atoms with van der Waals surface area (Å²) >= 11 is 0. The fourth-order valence-electron chi connectivity index (χ4n) is 1.32. The van der Waals surface area contributed by atoms with Gasteiger partial charge < -0.3 is 0 Å². The maximum atomic E-state index is 3.74. The first-order valence-corrected chi connectivity index (χ1v) is 6.20. The number of allylic oxidation sites excluding steroid dienone is 7. The van der Waals surface area contributed by atoms with E-state index in [2.05, 4.69) is 52.5 Å². The summed E-state index contributed by atoms with van der Waals surface area (Å²) in [5.41, 5.74) is 4.23. The van der Waals surface area contributed by atoms with E-state index in [4.69, 9.17) is 0 Å². The fraction of sp³-hybridized carbons (Fsp3) is 0.500. The van der Waals surface area contributed by atoms with Gasteiger partial charge >= 0.3 is 0 Å². The zero-order valence-corrected chi connectivity index (χ0v) is 11.3. The molecule has 0 saturated carbocycles. The van der Waals surface area contributed by atoms with Crippen LogP contribution in [-0.2, 0) is 0 Å². The zero-order chi connectivity index (χ0) is 12.4. The molecule has 0 aliphatic carbocycles. The lowest BCUT2D eigenvalue weighted by molar-refractivity contribution is 0.943. The van der Waals surface area contributed by atoms with Crippen molar-refractivity contribution in [2.75, 3.05) is 0 Å². The van der Waals surface area contributed by atoms with E-state index in [-0.39, 0.29) is 0 Å². The molecule has 16 heavy (non-hydrogen) atoms. The van der Waals surface area contributed by atoms with E-state index < -0.39 is 0 Å². The molecule has 0 aromatic heterocycles. The highest BCUT2D eigenvalue weighted by atomic mass is 14.0. The summed E-state index contributed by atoms with van der Waals surface area (Å²) in [6.45, 7) is 12.5. The summed E-state index contributed by atoms with van der Waals surface area (Å²) < 4.78 is 0. The van der Waals surface area contributed by atoms with Gasteiger partial charge in [-0.05, 0) is 46.5 Å². The highest BCUT2D eigenvalue weighted by molar-refractivity contribution is 5.15. The minimum absolute atomic E-state index is 1.03. The molecule has 0 nitrogen and oxygen atoms in total. The lowest BCUT2D eigenvalue weighted by atomic mass is 10.1. The molecule has 0 fully saturated rings. The first-order valence-electron chi connectivity index (χ1n) is 6.20. The zero-order valence-electron chi connectivity index (χ0n) is 11.3. The van der Waals surface area contributed by atoms with Crippen LogP contribution in [0.4, 0.5) is 0 Å². The van der Waals surface area contributed by atoms with Crippen molar-refractivity contribution < 1.29 is 0 Å². The topological polar surface area (TPSA) is 0 Å². The smallest absolute Gasteiger partial charge is 0.0161 e. The molecule has 0 aliphatic heterocycles. The highest BCUT2D eigenvalue weighted by Crippen LogP contribution is 2.09. The summed E-state index contributed by atoms with van der Waals surface area (Å²) in [7, 11) is 0. The molecular formula is C16H26. The largest absolute Gasteiger partial charge is 0.0988 e. The van der Waals surface area contributed by atoms with E-state index in [1.54, 1.807) is 0 Å². The Bertz CT molecular complexity index is 287. The SMILES string of the molecule is C=C/C(C)=C/C/C=C(\C)CC/C=C(/C)CC. The maximum Gasteiger partial charge on any atom is -0.0161 e. The minimum atomic E-state index is 1.03. The fourth-order valence-corrected chi connectivity index (χ4v) is 1.32. The summed E-state index contributed by atoms with van der Waals surface area (Å²) in [6, 6.07) is 0. The Morgan fingerprint density at radius 3 is 2.25 bits per heavy atom. The van der Waals surface area contributed by atoms with Gasteiger partial charge in [-0.25, -0.2) is 0 Å². The van der Waals surface area contributed by atoms with Gasteiger partial charge in [0.25, 0.3) is 0 Å². The van der Waals surface area contributed by atoms with Crippen LogP contribution in [0.25, 0.3) is 0 Å². The van der Waals surface area contributed by atoms with Gasteiger partial charge in [0.2, 0.25) is 0 Å². The molecule has 0 spiro atoms. The van der Waals surface area contributed by atoms with E-state index >= 15 is 0 Å². The van der Waals surface area contributed by atoms with Crippen molar-refractivity contribution in [3.63, 3.8) is 0 Å². The van der Waals surface area contributed by atoms with Crippen LogP contribution < -0.4 is 0 Å². The maximum absolute atomic E-state index is 3.74. The van der Waals surface area contributed by atoms with Crippen molar-refractivity contribution in [1.82, 2.24) is 0 Å². The second-order valence-corrected chi connectivity index (χ2v) is 4.38. The van der Waals surface area contributed by atoms with Crippen LogP contribution in [0.3, 0.4) is 0 Å². The summed E-state index contributed by atoms with van der Waals surface area (Å²) in [5, 5.41) is 0. The van der Waals surface area contributed by atoms with Crippen LogP contribution in [0.15, 0.2) is 47.6 Å². The standard InChI is InChI=1S/C16H26/c1-6-14(3)10-8-12-16(5)13-9-11-15(4)7-2/h6,10-12H,1,7-9,13H2,2-5H3/b14-10+,15-11-,16-12+. The summed E-state index contributed by atoms with van der Waals surface area (Å²) in [6.07, 6.45) is 13.3. The predicted octanol–water partition coefficient (Wildman–Crippen LogP) is 5.59. The average Bonchev–Trinajstić information content (AvgIpc) is 2.28. The Labute approximate surface area is 101 Å². The molecule has 0 radical (unpaired) electrons. The molecule has 0 amide bonds. The van der Waals surface area contributed by atoms with Crippen LogP contribution >= 0.6 is 0 Å². The molecular weight excluding hydrogens is 192 g/mol. The van der Waals surface area contributed by atoms with Crippen molar-refractivity contribution >= 4 is 0 Å². The molecule has 0 bridgehead atoms. The van der Waals surface area contributed by atoms with Crippen molar-refractivity contribution in [2.24, 2.45) is 0 Å². The lowest BCUT2D eigenvalue weighted by Gasteiger charge is -1.99. The van der Waals surface area contributed by atoms with Gasteiger partial charge in [0.15, 0.2) is 0 Å². The third-order valence-electron chi connectivity index (χ3n) is 2.82. The van der Waals surface area contributed by atoms with Crippen molar-refractivity contribution in [1.29, 1.82) is 0 Å².